The second-order valence-corrected chi connectivity index (χ2v) is 8.57. The molecule has 1 spiro atoms. The summed E-state index contributed by atoms with van der Waals surface area (Å²) in [4.78, 5) is 7.93. The summed E-state index contributed by atoms with van der Waals surface area (Å²) in [7, 11) is 0. The fourth-order valence-corrected chi connectivity index (χ4v) is 6.09. The third-order valence-electron chi connectivity index (χ3n) is 7.37. The summed E-state index contributed by atoms with van der Waals surface area (Å²) in [5, 5.41) is 0. The highest BCUT2D eigenvalue weighted by atomic mass is 15.3. The molecule has 1 aliphatic carbocycles. The number of rotatable bonds is 3. The third kappa shape index (κ3) is 2.32. The standard InChI is InChI=1S/C25H26N4/c1-2-17-16-29-13-12-25-21-10-6-7-11-22(21)27-24(25)20(19(17)14-23(25)29)15-26-28-18-8-4-3-5-9-18/h2-11,15,19,23,26,28H,12-14,16H2,1H3/b17-2+,20-15?/t19-,23-,25+/m0/s1. The summed E-state index contributed by atoms with van der Waals surface area (Å²) in [6.07, 6.45) is 6.86. The SMILES string of the molecule is C/C=C1\CN2CC[C@@]34C(=Nc5ccccc53)C(=CNNc3ccccc3)[C@H]1C[C@H]24. The number of piperidine rings is 1. The molecule has 2 N–H and O–H groups in total. The van der Waals surface area contributed by atoms with Crippen molar-refractivity contribution in [1.82, 2.24) is 10.3 Å². The maximum absolute atomic E-state index is 5.23. The van der Waals surface area contributed by atoms with Crippen LogP contribution in [0, 0.1) is 5.92 Å². The molecular weight excluding hydrogens is 356 g/mol. The fraction of sp³-hybridized carbons (Fsp3) is 0.320. The second kappa shape index (κ2) is 6.33. The van der Waals surface area contributed by atoms with E-state index in [1.807, 2.05) is 18.2 Å². The van der Waals surface area contributed by atoms with Gasteiger partial charge in [-0.05, 0) is 49.1 Å². The molecule has 1 saturated carbocycles. The van der Waals surface area contributed by atoms with E-state index in [-0.39, 0.29) is 5.41 Å². The first-order valence-electron chi connectivity index (χ1n) is 10.7. The van der Waals surface area contributed by atoms with Crippen LogP contribution in [0.1, 0.15) is 25.3 Å². The number of benzene rings is 2. The van der Waals surface area contributed by atoms with Gasteiger partial charge in [-0.3, -0.25) is 9.89 Å². The van der Waals surface area contributed by atoms with Crippen molar-refractivity contribution >= 4 is 17.1 Å². The van der Waals surface area contributed by atoms with Crippen LogP contribution in [0.4, 0.5) is 11.4 Å². The van der Waals surface area contributed by atoms with Crippen LogP contribution in [0.15, 0.2) is 83.0 Å². The van der Waals surface area contributed by atoms with Crippen LogP contribution in [0.5, 0.6) is 0 Å². The van der Waals surface area contributed by atoms with Crippen LogP contribution in [0.3, 0.4) is 0 Å². The Morgan fingerprint density at radius 1 is 1.10 bits per heavy atom. The van der Waals surface area contributed by atoms with Crippen LogP contribution in [-0.2, 0) is 5.41 Å². The van der Waals surface area contributed by atoms with Gasteiger partial charge in [-0.2, -0.15) is 0 Å². The number of allylic oxidation sites excluding steroid dienone is 2. The van der Waals surface area contributed by atoms with Gasteiger partial charge >= 0.3 is 0 Å². The Balaban J connectivity index is 1.44. The van der Waals surface area contributed by atoms with Crippen molar-refractivity contribution in [3.05, 3.63) is 83.6 Å². The van der Waals surface area contributed by atoms with E-state index in [1.165, 1.54) is 41.0 Å². The molecule has 4 heteroatoms. The van der Waals surface area contributed by atoms with E-state index < -0.39 is 0 Å². The number of hydrogen-bond donors (Lipinski definition) is 2. The Morgan fingerprint density at radius 3 is 2.79 bits per heavy atom. The van der Waals surface area contributed by atoms with E-state index in [4.69, 9.17) is 4.99 Å². The molecule has 2 aromatic carbocycles. The summed E-state index contributed by atoms with van der Waals surface area (Å²) in [6, 6.07) is 19.6. The first kappa shape index (κ1) is 17.0. The van der Waals surface area contributed by atoms with E-state index in [0.717, 1.165) is 18.8 Å². The topological polar surface area (TPSA) is 39.7 Å². The van der Waals surface area contributed by atoms with Gasteiger partial charge in [-0.1, -0.05) is 48.0 Å². The zero-order valence-electron chi connectivity index (χ0n) is 16.7. The molecule has 3 atom stereocenters. The van der Waals surface area contributed by atoms with Crippen molar-refractivity contribution in [2.45, 2.75) is 31.2 Å². The van der Waals surface area contributed by atoms with Crippen LogP contribution in [-0.4, -0.2) is 29.7 Å². The van der Waals surface area contributed by atoms with Gasteiger partial charge in [-0.15, -0.1) is 0 Å². The van der Waals surface area contributed by atoms with Crippen LogP contribution < -0.4 is 10.9 Å². The van der Waals surface area contributed by atoms with Crippen LogP contribution in [0.25, 0.3) is 0 Å². The lowest BCUT2D eigenvalue weighted by Crippen LogP contribution is -2.56. The van der Waals surface area contributed by atoms with Gasteiger partial charge in [0.25, 0.3) is 0 Å². The molecule has 0 amide bonds. The van der Waals surface area contributed by atoms with E-state index in [2.05, 4.69) is 71.3 Å². The van der Waals surface area contributed by atoms with Gasteiger partial charge in [0.05, 0.1) is 22.5 Å². The molecule has 2 saturated heterocycles. The quantitative estimate of drug-likeness (QED) is 0.604. The molecule has 2 bridgehead atoms. The Bertz CT molecular complexity index is 1050. The largest absolute Gasteiger partial charge is 0.308 e. The summed E-state index contributed by atoms with van der Waals surface area (Å²) in [5.74, 6) is 0.450. The lowest BCUT2D eigenvalue weighted by molar-refractivity contribution is 0.179. The zero-order valence-corrected chi connectivity index (χ0v) is 16.7. The highest BCUT2D eigenvalue weighted by Gasteiger charge is 2.61. The predicted molar refractivity (Wildman–Crippen MR) is 118 cm³/mol. The van der Waals surface area contributed by atoms with Gasteiger partial charge in [-0.25, -0.2) is 0 Å². The number of fused-ring (bicyclic) bond motifs is 2. The lowest BCUT2D eigenvalue weighted by atomic mass is 9.59. The van der Waals surface area contributed by atoms with Crippen LogP contribution >= 0.6 is 0 Å². The highest BCUT2D eigenvalue weighted by Crippen LogP contribution is 2.59. The molecule has 2 aromatic rings. The van der Waals surface area contributed by atoms with Crippen molar-refractivity contribution < 1.29 is 0 Å². The first-order chi connectivity index (χ1) is 14.3. The van der Waals surface area contributed by atoms with Crippen molar-refractivity contribution in [2.75, 3.05) is 18.5 Å². The predicted octanol–water partition coefficient (Wildman–Crippen LogP) is 4.57. The molecule has 0 unspecified atom stereocenters. The minimum atomic E-state index is 0.0621. The fourth-order valence-electron chi connectivity index (χ4n) is 6.09. The Hall–Kier alpha value is -2.85. The minimum Gasteiger partial charge on any atom is -0.308 e. The molecule has 4 aliphatic rings. The Kier molecular flexibility index (Phi) is 3.72. The summed E-state index contributed by atoms with van der Waals surface area (Å²) in [5.41, 5.74) is 14.6. The minimum absolute atomic E-state index is 0.0621. The molecule has 0 radical (unpaired) electrons. The Morgan fingerprint density at radius 2 is 1.93 bits per heavy atom. The highest BCUT2D eigenvalue weighted by molar-refractivity contribution is 6.15. The average molecular weight is 383 g/mol. The maximum Gasteiger partial charge on any atom is 0.0675 e. The molecule has 3 heterocycles. The number of hydrogen-bond acceptors (Lipinski definition) is 4. The van der Waals surface area contributed by atoms with Crippen molar-refractivity contribution in [1.29, 1.82) is 0 Å². The first-order valence-corrected chi connectivity index (χ1v) is 10.7. The number of aliphatic imine (C=N–C) groups is 1. The normalized spacial score (nSPS) is 32.1. The number of para-hydroxylation sites is 2. The zero-order chi connectivity index (χ0) is 19.4. The maximum atomic E-state index is 5.23. The second-order valence-electron chi connectivity index (χ2n) is 8.57. The number of hydrazine groups is 1. The molecule has 3 aliphatic heterocycles. The lowest BCUT2D eigenvalue weighted by Gasteiger charge is -2.49. The molecule has 4 nitrogen and oxygen atoms in total. The van der Waals surface area contributed by atoms with E-state index >= 15 is 0 Å². The monoisotopic (exact) mass is 382 g/mol. The van der Waals surface area contributed by atoms with Gasteiger partial charge in [0.1, 0.15) is 0 Å². The van der Waals surface area contributed by atoms with Crippen LogP contribution in [0.2, 0.25) is 0 Å². The number of nitrogens with one attached hydrogen (secondary N) is 2. The summed E-state index contributed by atoms with van der Waals surface area (Å²) < 4.78 is 0. The number of nitrogens with zero attached hydrogens (tertiary/aromatic N) is 2. The van der Waals surface area contributed by atoms with Gasteiger partial charge in [0.2, 0.25) is 0 Å². The summed E-state index contributed by atoms with van der Waals surface area (Å²) >= 11 is 0. The smallest absolute Gasteiger partial charge is 0.0675 e. The van der Waals surface area contributed by atoms with Gasteiger partial charge < -0.3 is 10.9 Å². The van der Waals surface area contributed by atoms with Crippen molar-refractivity contribution in [3.8, 4) is 0 Å². The Labute approximate surface area is 172 Å². The van der Waals surface area contributed by atoms with Gasteiger partial charge in [0.15, 0.2) is 0 Å². The molecule has 6 rings (SSSR count). The molecule has 29 heavy (non-hydrogen) atoms. The molecule has 0 aromatic heterocycles. The third-order valence-corrected chi connectivity index (χ3v) is 7.37. The van der Waals surface area contributed by atoms with Crippen molar-refractivity contribution in [2.24, 2.45) is 10.9 Å². The average Bonchev–Trinajstić information content (AvgIpc) is 3.32. The van der Waals surface area contributed by atoms with E-state index in [1.54, 1.807) is 0 Å². The van der Waals surface area contributed by atoms with Crippen molar-refractivity contribution in [3.63, 3.8) is 0 Å². The number of anilines is 1. The molecule has 146 valence electrons. The van der Waals surface area contributed by atoms with Gasteiger partial charge in [0, 0.05) is 31.2 Å². The van der Waals surface area contributed by atoms with E-state index in [0.29, 0.717) is 12.0 Å². The molecule has 3 fully saturated rings. The van der Waals surface area contributed by atoms with E-state index in [9.17, 15) is 0 Å². The summed E-state index contributed by atoms with van der Waals surface area (Å²) in [6.45, 7) is 4.43. The molecular formula is C25H26N4.